The Morgan fingerprint density at radius 1 is 1.37 bits per heavy atom. The molecule has 3 aromatic rings. The van der Waals surface area contributed by atoms with Crippen molar-refractivity contribution >= 4 is 35.0 Å². The van der Waals surface area contributed by atoms with Crippen LogP contribution in [0.3, 0.4) is 0 Å². The van der Waals surface area contributed by atoms with Gasteiger partial charge in [-0.2, -0.15) is 0 Å². The van der Waals surface area contributed by atoms with Gasteiger partial charge >= 0.3 is 0 Å². The number of rotatable bonds is 2. The lowest BCUT2D eigenvalue weighted by Crippen LogP contribution is -2.02. The van der Waals surface area contributed by atoms with E-state index in [1.54, 1.807) is 35.0 Å². The number of fused-ring (bicyclic) bond motifs is 1. The van der Waals surface area contributed by atoms with Gasteiger partial charge in [0.15, 0.2) is 10.4 Å². The van der Waals surface area contributed by atoms with Gasteiger partial charge in [-0.25, -0.2) is 9.37 Å². The van der Waals surface area contributed by atoms with E-state index in [-0.39, 0.29) is 5.82 Å². The van der Waals surface area contributed by atoms with E-state index >= 15 is 0 Å². The molecule has 0 saturated carbocycles. The van der Waals surface area contributed by atoms with Crippen LogP contribution in [0.25, 0.3) is 11.2 Å². The standard InChI is InChI=1S/C13H9ClFN3S/c14-9-5-11-12(16-6-9)18(13(19)17-11)7-8-3-1-2-4-10(8)15/h1-6H,7H2,(H,17,19). The molecule has 96 valence electrons. The van der Waals surface area contributed by atoms with Crippen molar-refractivity contribution < 1.29 is 4.39 Å². The van der Waals surface area contributed by atoms with Gasteiger partial charge in [0.2, 0.25) is 0 Å². The zero-order valence-corrected chi connectivity index (χ0v) is 11.3. The summed E-state index contributed by atoms with van der Waals surface area (Å²) < 4.78 is 15.9. The molecular formula is C13H9ClFN3S. The Morgan fingerprint density at radius 3 is 2.95 bits per heavy atom. The number of nitrogens with zero attached hydrogens (tertiary/aromatic N) is 2. The number of aromatic amines is 1. The first-order valence-corrected chi connectivity index (χ1v) is 6.41. The zero-order valence-electron chi connectivity index (χ0n) is 9.73. The summed E-state index contributed by atoms with van der Waals surface area (Å²) in [4.78, 5) is 7.25. The van der Waals surface area contributed by atoms with Gasteiger partial charge in [-0.3, -0.25) is 4.57 Å². The lowest BCUT2D eigenvalue weighted by atomic mass is 10.2. The number of imidazole rings is 1. The number of aromatic nitrogens is 3. The van der Waals surface area contributed by atoms with Crippen molar-refractivity contribution in [3.63, 3.8) is 0 Å². The van der Waals surface area contributed by atoms with E-state index in [4.69, 9.17) is 23.8 Å². The summed E-state index contributed by atoms with van der Waals surface area (Å²) in [7, 11) is 0. The van der Waals surface area contributed by atoms with Crippen molar-refractivity contribution in [1.29, 1.82) is 0 Å². The van der Waals surface area contributed by atoms with Crippen LogP contribution in [-0.2, 0) is 6.54 Å². The molecule has 0 bridgehead atoms. The maximum atomic E-state index is 13.7. The second kappa shape index (κ2) is 4.75. The molecule has 19 heavy (non-hydrogen) atoms. The fraction of sp³-hybridized carbons (Fsp3) is 0.0769. The number of nitrogens with one attached hydrogen (secondary N) is 1. The molecule has 0 aliphatic rings. The van der Waals surface area contributed by atoms with E-state index in [9.17, 15) is 4.39 Å². The second-order valence-electron chi connectivity index (χ2n) is 4.13. The molecule has 0 spiro atoms. The highest BCUT2D eigenvalue weighted by atomic mass is 35.5. The molecule has 0 saturated heterocycles. The molecule has 0 amide bonds. The molecular weight excluding hydrogens is 285 g/mol. The molecule has 3 rings (SSSR count). The van der Waals surface area contributed by atoms with Crippen molar-refractivity contribution in [1.82, 2.24) is 14.5 Å². The minimum atomic E-state index is -0.257. The molecule has 6 heteroatoms. The molecule has 0 aliphatic carbocycles. The Bertz CT molecular complexity index is 809. The van der Waals surface area contributed by atoms with E-state index in [2.05, 4.69) is 9.97 Å². The van der Waals surface area contributed by atoms with E-state index in [0.717, 1.165) is 5.52 Å². The Kier molecular flexibility index (Phi) is 3.08. The SMILES string of the molecule is Fc1ccccc1Cn1c(=S)[nH]c2cc(Cl)cnc21. The van der Waals surface area contributed by atoms with Gasteiger partial charge in [-0.1, -0.05) is 29.8 Å². The van der Waals surface area contributed by atoms with Crippen molar-refractivity contribution in [2.24, 2.45) is 0 Å². The number of hydrogen-bond donors (Lipinski definition) is 1. The molecule has 0 aliphatic heterocycles. The molecule has 3 nitrogen and oxygen atoms in total. The van der Waals surface area contributed by atoms with Crippen LogP contribution in [0, 0.1) is 10.6 Å². The summed E-state index contributed by atoms with van der Waals surface area (Å²) in [6, 6.07) is 8.36. The Balaban J connectivity index is 2.13. The maximum Gasteiger partial charge on any atom is 0.179 e. The summed E-state index contributed by atoms with van der Waals surface area (Å²) in [5.74, 6) is -0.257. The molecule has 0 atom stereocenters. The first kappa shape index (κ1) is 12.3. The highest BCUT2D eigenvalue weighted by Gasteiger charge is 2.09. The summed E-state index contributed by atoms with van der Waals surface area (Å²) in [5, 5.41) is 0.529. The van der Waals surface area contributed by atoms with Crippen LogP contribution in [0.2, 0.25) is 5.02 Å². The van der Waals surface area contributed by atoms with Crippen LogP contribution in [0.1, 0.15) is 5.56 Å². The number of benzene rings is 1. The average Bonchev–Trinajstić information content (AvgIpc) is 2.68. The Labute approximate surface area is 118 Å². The summed E-state index contributed by atoms with van der Waals surface area (Å²) >= 11 is 11.1. The van der Waals surface area contributed by atoms with Gasteiger partial charge in [0, 0.05) is 11.8 Å². The number of hydrogen-bond acceptors (Lipinski definition) is 2. The van der Waals surface area contributed by atoms with Gasteiger partial charge in [-0.05, 0) is 24.4 Å². The quantitative estimate of drug-likeness (QED) is 0.726. The minimum absolute atomic E-state index is 0.257. The summed E-state index contributed by atoms with van der Waals surface area (Å²) in [6.07, 6.45) is 1.55. The highest BCUT2D eigenvalue weighted by molar-refractivity contribution is 7.71. The number of pyridine rings is 1. The zero-order chi connectivity index (χ0) is 13.4. The molecule has 1 N–H and O–H groups in total. The predicted molar refractivity (Wildman–Crippen MR) is 75.4 cm³/mol. The first-order chi connectivity index (χ1) is 9.15. The molecule has 0 unspecified atom stereocenters. The molecule has 0 fully saturated rings. The van der Waals surface area contributed by atoms with Gasteiger partial charge < -0.3 is 4.98 Å². The van der Waals surface area contributed by atoms with E-state index in [1.165, 1.54) is 6.07 Å². The number of H-pyrrole nitrogens is 1. The van der Waals surface area contributed by atoms with E-state index in [0.29, 0.717) is 27.5 Å². The predicted octanol–water partition coefficient (Wildman–Crippen LogP) is 3.93. The summed E-state index contributed by atoms with van der Waals surface area (Å²) in [5.41, 5.74) is 1.97. The topological polar surface area (TPSA) is 33.6 Å². The second-order valence-corrected chi connectivity index (χ2v) is 4.96. The van der Waals surface area contributed by atoms with Crippen molar-refractivity contribution in [2.75, 3.05) is 0 Å². The van der Waals surface area contributed by atoms with Crippen molar-refractivity contribution in [3.8, 4) is 0 Å². The van der Waals surface area contributed by atoms with Gasteiger partial charge in [0.05, 0.1) is 17.1 Å². The van der Waals surface area contributed by atoms with Crippen LogP contribution < -0.4 is 0 Å². The first-order valence-electron chi connectivity index (χ1n) is 5.62. The van der Waals surface area contributed by atoms with Crippen molar-refractivity contribution in [2.45, 2.75) is 6.54 Å². The number of halogens is 2. The largest absolute Gasteiger partial charge is 0.329 e. The third kappa shape index (κ3) is 2.27. The van der Waals surface area contributed by atoms with E-state index < -0.39 is 0 Å². The van der Waals surface area contributed by atoms with Crippen LogP contribution in [-0.4, -0.2) is 14.5 Å². The monoisotopic (exact) mass is 293 g/mol. The summed E-state index contributed by atoms with van der Waals surface area (Å²) in [6.45, 7) is 0.333. The van der Waals surface area contributed by atoms with Crippen LogP contribution in [0.4, 0.5) is 4.39 Å². The molecule has 1 aromatic carbocycles. The van der Waals surface area contributed by atoms with Gasteiger partial charge in [-0.15, -0.1) is 0 Å². The van der Waals surface area contributed by atoms with Crippen LogP contribution in [0.5, 0.6) is 0 Å². The third-order valence-electron chi connectivity index (χ3n) is 2.86. The normalized spacial score (nSPS) is 11.1. The van der Waals surface area contributed by atoms with Crippen molar-refractivity contribution in [3.05, 3.63) is 57.7 Å². The maximum absolute atomic E-state index is 13.7. The molecule has 2 aromatic heterocycles. The Morgan fingerprint density at radius 2 is 2.16 bits per heavy atom. The fourth-order valence-corrected chi connectivity index (χ4v) is 2.38. The van der Waals surface area contributed by atoms with Gasteiger partial charge in [0.1, 0.15) is 5.82 Å². The van der Waals surface area contributed by atoms with Crippen LogP contribution >= 0.6 is 23.8 Å². The molecule has 2 heterocycles. The Hall–Kier alpha value is -1.72. The lowest BCUT2D eigenvalue weighted by Gasteiger charge is -2.05. The average molecular weight is 294 g/mol. The molecule has 0 radical (unpaired) electrons. The fourth-order valence-electron chi connectivity index (χ4n) is 1.96. The highest BCUT2D eigenvalue weighted by Crippen LogP contribution is 2.18. The smallest absolute Gasteiger partial charge is 0.179 e. The third-order valence-corrected chi connectivity index (χ3v) is 3.39. The van der Waals surface area contributed by atoms with Gasteiger partial charge in [0.25, 0.3) is 0 Å². The lowest BCUT2D eigenvalue weighted by molar-refractivity contribution is 0.600. The van der Waals surface area contributed by atoms with E-state index in [1.807, 2.05) is 0 Å². The van der Waals surface area contributed by atoms with Crippen LogP contribution in [0.15, 0.2) is 36.5 Å². The minimum Gasteiger partial charge on any atom is -0.329 e.